The second-order valence-corrected chi connectivity index (χ2v) is 12.2. The quantitative estimate of drug-likeness (QED) is 0.418. The molecule has 0 amide bonds. The summed E-state index contributed by atoms with van der Waals surface area (Å²) < 4.78 is 39.3. The van der Waals surface area contributed by atoms with Crippen molar-refractivity contribution in [1.29, 1.82) is 0 Å². The average molecular weight is 545 g/mol. The molecule has 0 bridgehead atoms. The molecule has 10 nitrogen and oxygen atoms in total. The Labute approximate surface area is 226 Å². The molecule has 0 radical (unpaired) electrons. The van der Waals surface area contributed by atoms with Gasteiger partial charge in [-0.2, -0.15) is 4.31 Å². The molecule has 4 heterocycles. The van der Waals surface area contributed by atoms with E-state index in [0.29, 0.717) is 49.5 Å². The van der Waals surface area contributed by atoms with Gasteiger partial charge in [-0.15, -0.1) is 10.2 Å². The number of hydrogen-bond acceptors (Lipinski definition) is 9. The third-order valence-corrected chi connectivity index (χ3v) is 9.52. The first-order valence-corrected chi connectivity index (χ1v) is 15.4. The summed E-state index contributed by atoms with van der Waals surface area (Å²) in [5.74, 6) is 2.38. The maximum absolute atomic E-state index is 13.2. The molecular formula is C27H40N6O4S. The Balaban J connectivity index is 1.10. The first kappa shape index (κ1) is 27.1. The monoisotopic (exact) mass is 544 g/mol. The summed E-state index contributed by atoms with van der Waals surface area (Å²) in [6.07, 6.45) is 4.79. The predicted molar refractivity (Wildman–Crippen MR) is 147 cm³/mol. The molecule has 0 aliphatic carbocycles. The molecule has 0 N–H and O–H groups in total. The van der Waals surface area contributed by atoms with Crippen molar-refractivity contribution in [3.63, 3.8) is 0 Å². The van der Waals surface area contributed by atoms with Crippen LogP contribution in [0.25, 0.3) is 0 Å². The summed E-state index contributed by atoms with van der Waals surface area (Å²) in [7, 11) is -3.55. The zero-order chi connectivity index (χ0) is 26.4. The van der Waals surface area contributed by atoms with E-state index in [1.165, 1.54) is 12.8 Å². The minimum absolute atomic E-state index is 0.300. The number of hydrogen-bond donors (Lipinski definition) is 0. The van der Waals surface area contributed by atoms with Crippen molar-refractivity contribution in [3.05, 3.63) is 36.4 Å². The smallest absolute Gasteiger partial charge is 0.243 e. The zero-order valence-corrected chi connectivity index (χ0v) is 23.2. The van der Waals surface area contributed by atoms with Gasteiger partial charge >= 0.3 is 0 Å². The molecule has 0 spiro atoms. The van der Waals surface area contributed by atoms with E-state index in [4.69, 9.17) is 9.47 Å². The minimum atomic E-state index is -3.55. The highest BCUT2D eigenvalue weighted by atomic mass is 32.2. The Morgan fingerprint density at radius 1 is 0.895 bits per heavy atom. The summed E-state index contributed by atoms with van der Waals surface area (Å²) in [6.45, 7) is 10.5. The lowest BCUT2D eigenvalue weighted by Gasteiger charge is -2.36. The first-order chi connectivity index (χ1) is 18.5. The highest BCUT2D eigenvalue weighted by Crippen LogP contribution is 2.23. The Bertz CT molecular complexity index is 1110. The van der Waals surface area contributed by atoms with Crippen LogP contribution in [-0.2, 0) is 14.8 Å². The first-order valence-electron chi connectivity index (χ1n) is 13.9. The van der Waals surface area contributed by atoms with E-state index >= 15 is 0 Å². The predicted octanol–water partition coefficient (Wildman–Crippen LogP) is 2.47. The van der Waals surface area contributed by atoms with Crippen LogP contribution < -0.4 is 14.5 Å². The van der Waals surface area contributed by atoms with Crippen molar-refractivity contribution in [2.45, 2.75) is 43.6 Å². The summed E-state index contributed by atoms with van der Waals surface area (Å²) in [5.41, 5.74) is 0. The second-order valence-electron chi connectivity index (χ2n) is 10.2. The molecule has 3 aliphatic heterocycles. The molecule has 1 atom stereocenters. The van der Waals surface area contributed by atoms with Crippen LogP contribution in [0, 0.1) is 0 Å². The number of nitrogens with zero attached hydrogens (tertiary/aromatic N) is 6. The molecule has 1 aromatic heterocycles. The fourth-order valence-electron chi connectivity index (χ4n) is 5.24. The average Bonchev–Trinajstić information content (AvgIpc) is 3.47. The molecular weight excluding hydrogens is 504 g/mol. The van der Waals surface area contributed by atoms with Crippen molar-refractivity contribution >= 4 is 21.7 Å². The van der Waals surface area contributed by atoms with Gasteiger partial charge in [0.2, 0.25) is 10.0 Å². The maximum Gasteiger partial charge on any atom is 0.243 e. The van der Waals surface area contributed by atoms with Gasteiger partial charge in [-0.1, -0.05) is 13.3 Å². The van der Waals surface area contributed by atoms with Gasteiger partial charge in [-0.05, 0) is 55.7 Å². The zero-order valence-electron chi connectivity index (χ0n) is 22.4. The van der Waals surface area contributed by atoms with Gasteiger partial charge in [-0.3, -0.25) is 4.90 Å². The van der Waals surface area contributed by atoms with E-state index < -0.39 is 10.0 Å². The van der Waals surface area contributed by atoms with E-state index in [0.717, 1.165) is 63.8 Å². The number of anilines is 2. The highest BCUT2D eigenvalue weighted by molar-refractivity contribution is 7.89. The second kappa shape index (κ2) is 12.6. The Morgan fingerprint density at radius 2 is 1.53 bits per heavy atom. The number of aromatic nitrogens is 2. The van der Waals surface area contributed by atoms with Gasteiger partial charge in [0.1, 0.15) is 5.75 Å². The van der Waals surface area contributed by atoms with Gasteiger partial charge in [-0.25, -0.2) is 8.42 Å². The topological polar surface area (TPSA) is 91.3 Å². The molecule has 38 heavy (non-hydrogen) atoms. The largest absolute Gasteiger partial charge is 0.494 e. The summed E-state index contributed by atoms with van der Waals surface area (Å²) in [6, 6.07) is 10.8. The third kappa shape index (κ3) is 6.56. The number of ether oxygens (including phenoxy) is 2. The van der Waals surface area contributed by atoms with Gasteiger partial charge in [0.05, 0.1) is 17.6 Å². The van der Waals surface area contributed by atoms with Crippen molar-refractivity contribution < 1.29 is 17.9 Å². The standard InChI is InChI=1S/C27H40N6O4S/c1-2-3-20-36-23-6-8-25(9-7-23)38(34,35)33-18-16-32(17-19-33)27-11-10-26(28-29-27)31-14-12-30(13-15-31)22-24-5-4-21-37-24/h6-11,24H,2-5,12-22H2,1H3. The normalized spacial score (nSPS) is 21.7. The van der Waals surface area contributed by atoms with Crippen molar-refractivity contribution in [2.24, 2.45) is 0 Å². The molecule has 3 fully saturated rings. The number of unbranched alkanes of at least 4 members (excludes halogenated alkanes) is 1. The van der Waals surface area contributed by atoms with Gasteiger partial charge in [0.15, 0.2) is 11.6 Å². The fraction of sp³-hybridized carbons (Fsp3) is 0.630. The SMILES string of the molecule is CCCCOc1ccc(S(=O)(=O)N2CCN(c3ccc(N4CCN(CC5CCCO5)CC4)nn3)CC2)cc1. The lowest BCUT2D eigenvalue weighted by atomic mass is 10.2. The van der Waals surface area contributed by atoms with Crippen LogP contribution in [0.4, 0.5) is 11.6 Å². The van der Waals surface area contributed by atoms with Crippen LogP contribution >= 0.6 is 0 Å². The number of sulfonamides is 1. The van der Waals surface area contributed by atoms with Crippen molar-refractivity contribution in [1.82, 2.24) is 19.4 Å². The Morgan fingerprint density at radius 3 is 2.08 bits per heavy atom. The third-order valence-electron chi connectivity index (χ3n) is 7.61. The maximum atomic E-state index is 13.2. The van der Waals surface area contributed by atoms with E-state index in [9.17, 15) is 8.42 Å². The number of rotatable bonds is 10. The van der Waals surface area contributed by atoms with Crippen LogP contribution in [0.5, 0.6) is 5.75 Å². The molecule has 1 aromatic carbocycles. The summed E-state index contributed by atoms with van der Waals surface area (Å²) in [4.78, 5) is 7.17. The highest BCUT2D eigenvalue weighted by Gasteiger charge is 2.29. The lowest BCUT2D eigenvalue weighted by Crippen LogP contribution is -2.49. The molecule has 0 saturated carbocycles. The molecule has 1 unspecified atom stereocenters. The van der Waals surface area contributed by atoms with Gasteiger partial charge < -0.3 is 19.3 Å². The Hall–Kier alpha value is -2.47. The molecule has 2 aromatic rings. The van der Waals surface area contributed by atoms with Crippen LogP contribution in [-0.4, -0.2) is 106 Å². The molecule has 11 heteroatoms. The van der Waals surface area contributed by atoms with E-state index in [1.807, 2.05) is 12.1 Å². The molecule has 5 rings (SSSR count). The number of benzene rings is 1. The minimum Gasteiger partial charge on any atom is -0.494 e. The van der Waals surface area contributed by atoms with Crippen LogP contribution in [0.1, 0.15) is 32.6 Å². The van der Waals surface area contributed by atoms with Crippen molar-refractivity contribution in [3.8, 4) is 5.75 Å². The molecule has 3 saturated heterocycles. The van der Waals surface area contributed by atoms with Crippen molar-refractivity contribution in [2.75, 3.05) is 81.9 Å². The summed E-state index contributed by atoms with van der Waals surface area (Å²) >= 11 is 0. The molecule has 3 aliphatic rings. The summed E-state index contributed by atoms with van der Waals surface area (Å²) in [5, 5.41) is 8.99. The van der Waals surface area contributed by atoms with Gasteiger partial charge in [0, 0.05) is 65.5 Å². The lowest BCUT2D eigenvalue weighted by molar-refractivity contribution is 0.0712. The van der Waals surface area contributed by atoms with Gasteiger partial charge in [0.25, 0.3) is 0 Å². The van der Waals surface area contributed by atoms with Crippen LogP contribution in [0.2, 0.25) is 0 Å². The fourth-order valence-corrected chi connectivity index (χ4v) is 6.66. The molecule has 208 valence electrons. The number of piperazine rings is 2. The van der Waals surface area contributed by atoms with Crippen LogP contribution in [0.3, 0.4) is 0 Å². The van der Waals surface area contributed by atoms with E-state index in [1.54, 1.807) is 28.6 Å². The van der Waals surface area contributed by atoms with E-state index in [2.05, 4.69) is 31.8 Å². The van der Waals surface area contributed by atoms with E-state index in [-0.39, 0.29) is 0 Å². The van der Waals surface area contributed by atoms with Crippen LogP contribution in [0.15, 0.2) is 41.3 Å². The Kier molecular flexibility index (Phi) is 8.98.